The predicted molar refractivity (Wildman–Crippen MR) is 66.7 cm³/mol. The number of rotatable bonds is 4. The molecular formula is C11H19N3O3S. The second-order valence-electron chi connectivity index (χ2n) is 4.83. The fourth-order valence-electron chi connectivity index (χ4n) is 1.96. The quantitative estimate of drug-likeness (QED) is 0.850. The largest absolute Gasteiger partial charge is 0.381 e. The molecule has 2 heterocycles. The number of imidazole rings is 1. The van der Waals surface area contributed by atoms with Crippen LogP contribution in [0.5, 0.6) is 0 Å². The first-order chi connectivity index (χ1) is 8.45. The van der Waals surface area contributed by atoms with Gasteiger partial charge in [-0.1, -0.05) is 6.92 Å². The van der Waals surface area contributed by atoms with Gasteiger partial charge in [-0.05, 0) is 19.8 Å². The zero-order valence-corrected chi connectivity index (χ0v) is 11.5. The molecule has 6 nitrogen and oxygen atoms in total. The summed E-state index contributed by atoms with van der Waals surface area (Å²) in [4.78, 5) is 6.83. The number of H-pyrrole nitrogens is 1. The van der Waals surface area contributed by atoms with Gasteiger partial charge in [-0.2, -0.15) is 0 Å². The summed E-state index contributed by atoms with van der Waals surface area (Å²) in [6, 6.07) is 0. The van der Waals surface area contributed by atoms with Crippen LogP contribution in [0.4, 0.5) is 0 Å². The Morgan fingerprint density at radius 3 is 2.72 bits per heavy atom. The molecule has 2 N–H and O–H groups in total. The fraction of sp³-hybridized carbons (Fsp3) is 0.727. The van der Waals surface area contributed by atoms with Crippen molar-refractivity contribution >= 4 is 10.0 Å². The summed E-state index contributed by atoms with van der Waals surface area (Å²) in [5.41, 5.74) is -0.436. The van der Waals surface area contributed by atoms with Crippen LogP contribution in [-0.2, 0) is 21.2 Å². The van der Waals surface area contributed by atoms with Gasteiger partial charge in [0.05, 0.1) is 6.20 Å². The first-order valence-corrected chi connectivity index (χ1v) is 7.59. The summed E-state index contributed by atoms with van der Waals surface area (Å²) in [6.07, 6.45) is 3.41. The minimum absolute atomic E-state index is 0.132. The minimum Gasteiger partial charge on any atom is -0.381 e. The Hall–Kier alpha value is -0.920. The Morgan fingerprint density at radius 2 is 2.17 bits per heavy atom. The van der Waals surface area contributed by atoms with Gasteiger partial charge < -0.3 is 9.72 Å². The van der Waals surface area contributed by atoms with E-state index in [0.717, 1.165) is 0 Å². The van der Waals surface area contributed by atoms with E-state index in [1.165, 1.54) is 6.20 Å². The summed E-state index contributed by atoms with van der Waals surface area (Å²) < 4.78 is 32.4. The third kappa shape index (κ3) is 2.90. The number of aromatic amines is 1. The van der Waals surface area contributed by atoms with Crippen LogP contribution < -0.4 is 4.72 Å². The van der Waals surface area contributed by atoms with E-state index in [0.29, 0.717) is 38.3 Å². The van der Waals surface area contributed by atoms with E-state index < -0.39 is 15.6 Å². The second-order valence-corrected chi connectivity index (χ2v) is 6.48. The van der Waals surface area contributed by atoms with Gasteiger partial charge in [0.15, 0.2) is 5.03 Å². The molecule has 0 saturated carbocycles. The third-order valence-electron chi connectivity index (χ3n) is 3.21. The fourth-order valence-corrected chi connectivity index (χ4v) is 3.37. The molecular weight excluding hydrogens is 254 g/mol. The molecule has 0 atom stereocenters. The highest BCUT2D eigenvalue weighted by Gasteiger charge is 2.33. The number of hydrogen-bond donors (Lipinski definition) is 2. The average molecular weight is 273 g/mol. The molecule has 2 rings (SSSR count). The van der Waals surface area contributed by atoms with Crippen LogP contribution in [0.3, 0.4) is 0 Å². The summed E-state index contributed by atoms with van der Waals surface area (Å²) in [5, 5.41) is 0.132. The molecule has 7 heteroatoms. The van der Waals surface area contributed by atoms with Gasteiger partial charge in [0.1, 0.15) is 5.82 Å². The van der Waals surface area contributed by atoms with Crippen LogP contribution in [0.25, 0.3) is 0 Å². The summed E-state index contributed by atoms with van der Waals surface area (Å²) >= 11 is 0. The van der Waals surface area contributed by atoms with Gasteiger partial charge in [0.25, 0.3) is 10.0 Å². The van der Waals surface area contributed by atoms with Gasteiger partial charge >= 0.3 is 0 Å². The molecule has 1 saturated heterocycles. The van der Waals surface area contributed by atoms with E-state index >= 15 is 0 Å². The smallest absolute Gasteiger partial charge is 0.258 e. The monoisotopic (exact) mass is 273 g/mol. The highest BCUT2D eigenvalue weighted by molar-refractivity contribution is 7.89. The van der Waals surface area contributed by atoms with Crippen molar-refractivity contribution in [1.29, 1.82) is 0 Å². The van der Waals surface area contributed by atoms with E-state index in [9.17, 15) is 8.42 Å². The lowest BCUT2D eigenvalue weighted by molar-refractivity contribution is 0.0537. The Balaban J connectivity index is 2.16. The predicted octanol–water partition coefficient (Wildman–Crippen LogP) is 0.819. The maximum atomic E-state index is 12.2. The number of ether oxygens (including phenoxy) is 1. The van der Waals surface area contributed by atoms with E-state index in [1.807, 2.05) is 13.8 Å². The van der Waals surface area contributed by atoms with Gasteiger partial charge in [0, 0.05) is 25.2 Å². The molecule has 1 aliphatic rings. The Kier molecular flexibility index (Phi) is 3.74. The molecule has 1 aliphatic heterocycles. The molecule has 1 aromatic rings. The van der Waals surface area contributed by atoms with Crippen molar-refractivity contribution < 1.29 is 13.2 Å². The first kappa shape index (κ1) is 13.5. The van der Waals surface area contributed by atoms with Crippen molar-refractivity contribution in [2.24, 2.45) is 0 Å². The number of nitrogens with zero attached hydrogens (tertiary/aromatic N) is 1. The van der Waals surface area contributed by atoms with E-state index in [1.54, 1.807) is 0 Å². The van der Waals surface area contributed by atoms with Crippen molar-refractivity contribution in [3.8, 4) is 0 Å². The van der Waals surface area contributed by atoms with Gasteiger partial charge in [-0.25, -0.2) is 18.1 Å². The van der Waals surface area contributed by atoms with Crippen LogP contribution in [0, 0.1) is 0 Å². The Bertz CT molecular complexity index is 503. The number of aromatic nitrogens is 2. The first-order valence-electron chi connectivity index (χ1n) is 6.11. The van der Waals surface area contributed by atoms with Gasteiger partial charge in [-0.3, -0.25) is 0 Å². The SMILES string of the molecule is CCc1ncc(S(=O)(=O)NC2(C)CCOCC2)[nH]1. The molecule has 1 aromatic heterocycles. The molecule has 0 bridgehead atoms. The van der Waals surface area contributed by atoms with Crippen molar-refractivity contribution in [3.63, 3.8) is 0 Å². The lowest BCUT2D eigenvalue weighted by Crippen LogP contribution is -2.49. The van der Waals surface area contributed by atoms with Crippen LogP contribution >= 0.6 is 0 Å². The summed E-state index contributed by atoms with van der Waals surface area (Å²) in [7, 11) is -3.53. The van der Waals surface area contributed by atoms with Crippen molar-refractivity contribution in [2.75, 3.05) is 13.2 Å². The molecule has 0 spiro atoms. The molecule has 102 valence electrons. The van der Waals surface area contributed by atoms with Crippen molar-refractivity contribution in [2.45, 2.75) is 43.7 Å². The minimum atomic E-state index is -3.53. The van der Waals surface area contributed by atoms with Crippen LogP contribution in [0.1, 0.15) is 32.5 Å². The Morgan fingerprint density at radius 1 is 1.50 bits per heavy atom. The lowest BCUT2D eigenvalue weighted by atomic mass is 9.94. The average Bonchev–Trinajstić information content (AvgIpc) is 2.77. The second kappa shape index (κ2) is 4.99. The van der Waals surface area contributed by atoms with Crippen molar-refractivity contribution in [1.82, 2.24) is 14.7 Å². The lowest BCUT2D eigenvalue weighted by Gasteiger charge is -2.33. The summed E-state index contributed by atoms with van der Waals surface area (Å²) in [5.74, 6) is 0.674. The molecule has 1 fully saturated rings. The van der Waals surface area contributed by atoms with Crippen molar-refractivity contribution in [3.05, 3.63) is 12.0 Å². The van der Waals surface area contributed by atoms with Crippen LogP contribution in [0.2, 0.25) is 0 Å². The maximum Gasteiger partial charge on any atom is 0.258 e. The van der Waals surface area contributed by atoms with Crippen LogP contribution in [0.15, 0.2) is 11.2 Å². The van der Waals surface area contributed by atoms with E-state index in [4.69, 9.17) is 4.74 Å². The molecule has 0 amide bonds. The molecule has 0 aliphatic carbocycles. The zero-order valence-electron chi connectivity index (χ0n) is 10.7. The highest BCUT2D eigenvalue weighted by atomic mass is 32.2. The third-order valence-corrected chi connectivity index (χ3v) is 4.75. The maximum absolute atomic E-state index is 12.2. The standard InChI is InChI=1S/C11H19N3O3S/c1-3-9-12-8-10(13-9)18(15,16)14-11(2)4-6-17-7-5-11/h8,14H,3-7H2,1-2H3,(H,12,13). The number of aryl methyl sites for hydroxylation is 1. The zero-order chi connectivity index (χ0) is 13.2. The number of nitrogens with one attached hydrogen (secondary N) is 2. The molecule has 0 aromatic carbocycles. The highest BCUT2D eigenvalue weighted by Crippen LogP contribution is 2.22. The molecule has 0 unspecified atom stereocenters. The normalized spacial score (nSPS) is 19.9. The van der Waals surface area contributed by atoms with Crippen LogP contribution in [-0.4, -0.2) is 37.1 Å². The van der Waals surface area contributed by atoms with Gasteiger partial charge in [-0.15, -0.1) is 0 Å². The Labute approximate surface area is 107 Å². The van der Waals surface area contributed by atoms with Gasteiger partial charge in [0.2, 0.25) is 0 Å². The summed E-state index contributed by atoms with van der Waals surface area (Å²) in [6.45, 7) is 5.00. The molecule has 0 radical (unpaired) electrons. The van der Waals surface area contributed by atoms with E-state index in [2.05, 4.69) is 14.7 Å². The molecule has 18 heavy (non-hydrogen) atoms. The van der Waals surface area contributed by atoms with E-state index in [-0.39, 0.29) is 5.03 Å². The topological polar surface area (TPSA) is 84.1 Å². The number of sulfonamides is 1. The number of hydrogen-bond acceptors (Lipinski definition) is 4.